The Hall–Kier alpha value is -4.15. The molecule has 184 valence electrons. The molecule has 11 heteroatoms. The third-order valence-corrected chi connectivity index (χ3v) is 6.46. The molecule has 5 rings (SSSR count). The van der Waals surface area contributed by atoms with Crippen molar-refractivity contribution < 1.29 is 19.4 Å². The molecule has 0 radical (unpaired) electrons. The van der Waals surface area contributed by atoms with Gasteiger partial charge in [0, 0.05) is 27.9 Å². The predicted molar refractivity (Wildman–Crippen MR) is 135 cm³/mol. The molecule has 1 aliphatic heterocycles. The Morgan fingerprint density at radius 1 is 1.19 bits per heavy atom. The van der Waals surface area contributed by atoms with Gasteiger partial charge in [-0.15, -0.1) is 5.53 Å². The summed E-state index contributed by atoms with van der Waals surface area (Å²) in [7, 11) is 0. The molecule has 36 heavy (non-hydrogen) atoms. The summed E-state index contributed by atoms with van der Waals surface area (Å²) in [6.45, 7) is 0. The Bertz CT molecular complexity index is 1340. The number of carbonyl (C=O) groups excluding carboxylic acids is 1. The van der Waals surface area contributed by atoms with Gasteiger partial charge < -0.3 is 15.6 Å². The zero-order chi connectivity index (χ0) is 25.2. The molecule has 0 unspecified atom stereocenters. The van der Waals surface area contributed by atoms with Crippen LogP contribution in [0.4, 0.5) is 11.4 Å². The van der Waals surface area contributed by atoms with E-state index in [4.69, 9.17) is 16.7 Å². The van der Waals surface area contributed by atoms with Crippen LogP contribution in [0.25, 0.3) is 11.1 Å². The summed E-state index contributed by atoms with van der Waals surface area (Å²) in [5.74, 6) is -1.62. The van der Waals surface area contributed by atoms with E-state index in [9.17, 15) is 14.8 Å². The van der Waals surface area contributed by atoms with Crippen LogP contribution in [0, 0.1) is 11.1 Å². The normalized spacial score (nSPS) is 15.4. The standard InChI is InChI=1S/C25H23ClN6O4/c26-18-6-10-22(31-14-27-29-30-31)20(12-18)17-5-9-23(32(36)13-17)21(11-15-1-2-15)24(33)28-19-7-3-16(4-8-19)25(34)35/h3-10,12-15,21,29-30H,1-2,11H2,(H,28,33)(H,34,35)/t21-/m0/s1. The van der Waals surface area contributed by atoms with E-state index in [1.165, 1.54) is 30.5 Å². The fourth-order valence-electron chi connectivity index (χ4n) is 4.17. The lowest BCUT2D eigenvalue weighted by Gasteiger charge is -2.19. The van der Waals surface area contributed by atoms with E-state index in [0.29, 0.717) is 39.9 Å². The number of halogens is 1. The number of hydrazone groups is 1. The van der Waals surface area contributed by atoms with Crippen molar-refractivity contribution in [2.24, 2.45) is 11.0 Å². The molecular formula is C25H23ClN6O4. The van der Waals surface area contributed by atoms with Crippen LogP contribution in [-0.2, 0) is 4.79 Å². The molecule has 10 nitrogen and oxygen atoms in total. The van der Waals surface area contributed by atoms with Crippen molar-refractivity contribution >= 4 is 41.2 Å². The highest BCUT2D eigenvalue weighted by molar-refractivity contribution is 6.31. The van der Waals surface area contributed by atoms with Crippen LogP contribution >= 0.6 is 11.6 Å². The molecule has 3 aromatic rings. The summed E-state index contributed by atoms with van der Waals surface area (Å²) in [5.41, 5.74) is 8.52. The first-order valence-corrected chi connectivity index (χ1v) is 11.8. The highest BCUT2D eigenvalue weighted by Crippen LogP contribution is 2.39. The van der Waals surface area contributed by atoms with Crippen LogP contribution in [0.1, 0.15) is 41.2 Å². The van der Waals surface area contributed by atoms with Gasteiger partial charge in [-0.25, -0.2) is 15.3 Å². The fourth-order valence-corrected chi connectivity index (χ4v) is 4.34. The van der Waals surface area contributed by atoms with Crippen LogP contribution in [0.15, 0.2) is 65.9 Å². The van der Waals surface area contributed by atoms with E-state index in [1.54, 1.807) is 35.6 Å². The molecule has 0 bridgehead atoms. The number of pyridine rings is 1. The van der Waals surface area contributed by atoms with E-state index in [1.807, 2.05) is 6.07 Å². The van der Waals surface area contributed by atoms with Crippen LogP contribution in [0.5, 0.6) is 0 Å². The van der Waals surface area contributed by atoms with E-state index in [2.05, 4.69) is 21.5 Å². The SMILES string of the molecule is O=C(O)c1ccc(NC(=O)[C@@H](CC2CC2)c2ccc(-c3cc(Cl)ccc3N3C=NNN3)c[n+]2[O-])cc1. The van der Waals surface area contributed by atoms with Crippen LogP contribution in [-0.4, -0.2) is 23.3 Å². The molecule has 4 N–H and O–H groups in total. The maximum Gasteiger partial charge on any atom is 0.335 e. The molecule has 2 heterocycles. The number of carboxylic acid groups (broad SMARTS) is 1. The number of hydrogen-bond acceptors (Lipinski definition) is 7. The minimum Gasteiger partial charge on any atom is -0.618 e. The number of aromatic carboxylic acids is 1. The Kier molecular flexibility index (Phi) is 6.45. The molecular weight excluding hydrogens is 484 g/mol. The summed E-state index contributed by atoms with van der Waals surface area (Å²) in [6, 6.07) is 14.7. The Labute approximate surface area is 211 Å². The number of carbonyl (C=O) groups is 2. The molecule has 0 spiro atoms. The van der Waals surface area contributed by atoms with E-state index in [0.717, 1.165) is 23.3 Å². The molecule has 1 amide bonds. The Morgan fingerprint density at radius 2 is 1.97 bits per heavy atom. The Balaban J connectivity index is 1.43. The van der Waals surface area contributed by atoms with Gasteiger partial charge in [0.15, 0.2) is 6.20 Å². The zero-order valence-corrected chi connectivity index (χ0v) is 19.8. The number of benzene rings is 2. The van der Waals surface area contributed by atoms with E-state index >= 15 is 0 Å². The Morgan fingerprint density at radius 3 is 2.61 bits per heavy atom. The highest BCUT2D eigenvalue weighted by Gasteiger charge is 2.35. The van der Waals surface area contributed by atoms with Gasteiger partial charge in [-0.3, -0.25) is 4.79 Å². The second-order valence-corrected chi connectivity index (χ2v) is 9.21. The van der Waals surface area contributed by atoms with Crippen molar-refractivity contribution in [3.05, 3.63) is 82.3 Å². The van der Waals surface area contributed by atoms with Gasteiger partial charge in [0.25, 0.3) is 0 Å². The molecule has 1 saturated carbocycles. The predicted octanol–water partition coefficient (Wildman–Crippen LogP) is 3.63. The van der Waals surface area contributed by atoms with Crippen LogP contribution in [0.3, 0.4) is 0 Å². The number of nitrogens with one attached hydrogen (secondary N) is 3. The average molecular weight is 507 g/mol. The summed E-state index contributed by atoms with van der Waals surface area (Å²) in [5, 5.41) is 31.2. The summed E-state index contributed by atoms with van der Waals surface area (Å²) >= 11 is 6.25. The maximum atomic E-state index is 13.2. The third-order valence-electron chi connectivity index (χ3n) is 6.22. The van der Waals surface area contributed by atoms with E-state index < -0.39 is 11.9 Å². The zero-order valence-electron chi connectivity index (χ0n) is 19.0. The first-order valence-electron chi connectivity index (χ1n) is 11.4. The minimum absolute atomic E-state index is 0.127. The van der Waals surface area contributed by atoms with Gasteiger partial charge in [0.05, 0.1) is 11.3 Å². The number of hydrogen-bond donors (Lipinski definition) is 4. The minimum atomic E-state index is -1.04. The van der Waals surface area contributed by atoms with Crippen LogP contribution in [0.2, 0.25) is 5.02 Å². The van der Waals surface area contributed by atoms with Gasteiger partial charge in [-0.2, -0.15) is 9.83 Å². The molecule has 1 fully saturated rings. The highest BCUT2D eigenvalue weighted by atomic mass is 35.5. The largest absolute Gasteiger partial charge is 0.618 e. The van der Waals surface area contributed by atoms with E-state index in [-0.39, 0.29) is 11.5 Å². The number of carboxylic acids is 1. The monoisotopic (exact) mass is 506 g/mol. The van der Waals surface area contributed by atoms with Crippen molar-refractivity contribution in [2.45, 2.75) is 25.2 Å². The maximum absolute atomic E-state index is 13.2. The summed E-state index contributed by atoms with van der Waals surface area (Å²) < 4.78 is 0.740. The quantitative estimate of drug-likeness (QED) is 0.271. The molecule has 2 aliphatic rings. The van der Waals surface area contributed by atoms with Crippen molar-refractivity contribution in [1.82, 2.24) is 11.1 Å². The van der Waals surface area contributed by atoms with Crippen molar-refractivity contribution in [2.75, 3.05) is 10.3 Å². The summed E-state index contributed by atoms with van der Waals surface area (Å²) in [6.07, 6.45) is 5.62. The second-order valence-electron chi connectivity index (χ2n) is 8.77. The van der Waals surface area contributed by atoms with Crippen molar-refractivity contribution in [1.29, 1.82) is 0 Å². The number of anilines is 2. The molecule has 1 atom stereocenters. The lowest BCUT2D eigenvalue weighted by molar-refractivity contribution is -0.614. The first-order chi connectivity index (χ1) is 17.4. The van der Waals surface area contributed by atoms with Crippen molar-refractivity contribution in [3.63, 3.8) is 0 Å². The lowest BCUT2D eigenvalue weighted by Crippen LogP contribution is -2.38. The lowest BCUT2D eigenvalue weighted by atomic mass is 9.95. The van der Waals surface area contributed by atoms with Crippen LogP contribution < -0.4 is 26.1 Å². The second kappa shape index (κ2) is 9.84. The molecule has 1 aromatic heterocycles. The number of amides is 1. The average Bonchev–Trinajstić information content (AvgIpc) is 3.52. The number of rotatable bonds is 8. The van der Waals surface area contributed by atoms with Gasteiger partial charge in [-0.05, 0) is 60.9 Å². The molecule has 0 saturated heterocycles. The third kappa shape index (κ3) is 5.09. The number of hydrazine groups is 2. The van der Waals surface area contributed by atoms with Gasteiger partial charge in [-0.1, -0.05) is 24.4 Å². The van der Waals surface area contributed by atoms with Crippen molar-refractivity contribution in [3.8, 4) is 11.1 Å². The van der Waals surface area contributed by atoms with Gasteiger partial charge in [0.2, 0.25) is 11.6 Å². The topological polar surface area (TPSA) is 133 Å². The fraction of sp³-hybridized carbons (Fsp3) is 0.200. The number of nitrogens with zero attached hydrogens (tertiary/aromatic N) is 3. The molecule has 2 aromatic carbocycles. The van der Waals surface area contributed by atoms with Gasteiger partial charge >= 0.3 is 5.97 Å². The first kappa shape index (κ1) is 23.6. The van der Waals surface area contributed by atoms with Gasteiger partial charge in [0.1, 0.15) is 12.3 Å². The number of aromatic nitrogens is 1. The molecule has 1 aliphatic carbocycles. The summed E-state index contributed by atoms with van der Waals surface area (Å²) in [4.78, 5) is 24.3. The smallest absolute Gasteiger partial charge is 0.335 e.